The average Bonchev–Trinajstić information content (AvgIpc) is 3.28. The van der Waals surface area contributed by atoms with E-state index in [9.17, 15) is 9.18 Å². The Morgan fingerprint density at radius 2 is 2.03 bits per heavy atom. The van der Waals surface area contributed by atoms with Crippen molar-refractivity contribution in [2.45, 2.75) is 56.6 Å². The van der Waals surface area contributed by atoms with E-state index >= 15 is 0 Å². The summed E-state index contributed by atoms with van der Waals surface area (Å²) in [5, 5.41) is 0. The van der Waals surface area contributed by atoms with E-state index in [1.54, 1.807) is 12.1 Å². The Hall–Kier alpha value is -1.50. The van der Waals surface area contributed by atoms with Gasteiger partial charge in [0.2, 0.25) is 5.91 Å². The summed E-state index contributed by atoms with van der Waals surface area (Å²) in [4.78, 5) is 14.7. The summed E-state index contributed by atoms with van der Waals surface area (Å²) >= 11 is 0. The third-order valence-corrected chi connectivity index (χ3v) is 6.92. The fourth-order valence-electron chi connectivity index (χ4n) is 5.00. The highest BCUT2D eigenvalue weighted by atomic mass is 19.1. The summed E-state index contributed by atoms with van der Waals surface area (Å²) in [5.74, 6) is 0.689. The van der Waals surface area contributed by atoms with Gasteiger partial charge in [0.25, 0.3) is 0 Å². The number of benzene rings is 1. The normalized spacial score (nSPS) is 33.0. The second-order valence-corrected chi connectivity index (χ2v) is 8.92. The first-order valence-electron chi connectivity index (χ1n) is 11.1. The number of hydrogen-bond acceptors (Lipinski definition) is 4. The number of nitrogens with zero attached hydrogens (tertiary/aromatic N) is 1. The monoisotopic (exact) mass is 404 g/mol. The van der Waals surface area contributed by atoms with Gasteiger partial charge in [-0.05, 0) is 62.1 Å². The number of rotatable bonds is 5. The van der Waals surface area contributed by atoms with Crippen molar-refractivity contribution >= 4 is 5.91 Å². The summed E-state index contributed by atoms with van der Waals surface area (Å²) in [7, 11) is 0. The van der Waals surface area contributed by atoms with Gasteiger partial charge in [-0.25, -0.2) is 4.39 Å². The van der Waals surface area contributed by atoms with Gasteiger partial charge in [-0.2, -0.15) is 0 Å². The number of carbonyl (C=O) groups excluding carboxylic acids is 1. The molecule has 2 heterocycles. The first-order valence-corrected chi connectivity index (χ1v) is 11.1. The largest absolute Gasteiger partial charge is 0.381 e. The third-order valence-electron chi connectivity index (χ3n) is 6.92. The number of halogens is 1. The van der Waals surface area contributed by atoms with E-state index < -0.39 is 0 Å². The Bertz CT molecular complexity index is 686. The molecule has 5 nitrogen and oxygen atoms in total. The molecule has 3 aliphatic rings. The molecule has 2 unspecified atom stereocenters. The van der Waals surface area contributed by atoms with Crippen molar-refractivity contribution in [1.82, 2.24) is 4.90 Å². The minimum absolute atomic E-state index is 0.0176. The van der Waals surface area contributed by atoms with E-state index in [0.29, 0.717) is 32.3 Å². The first kappa shape index (κ1) is 20.8. The standard InChI is InChI=1S/C23H33FN2O3/c24-20-3-1-2-17(12-20)16-4-6-21(7-5-16)29-15-19-13-26(10-8-22(19)25)23(27)18-9-11-28-14-18/h1-3,12,16,18-19,21-22H,4-11,13-15,25H2/t16?,18-,19?,21?,22?/m1/s1. The zero-order valence-electron chi connectivity index (χ0n) is 17.1. The van der Waals surface area contributed by atoms with Crippen LogP contribution in [0.3, 0.4) is 0 Å². The molecule has 6 heteroatoms. The average molecular weight is 405 g/mol. The van der Waals surface area contributed by atoms with Gasteiger partial charge in [0.15, 0.2) is 0 Å². The molecular formula is C23H33FN2O3. The lowest BCUT2D eigenvalue weighted by Gasteiger charge is -2.39. The maximum absolute atomic E-state index is 13.5. The number of amides is 1. The van der Waals surface area contributed by atoms with Gasteiger partial charge in [0.05, 0.1) is 25.2 Å². The fourth-order valence-corrected chi connectivity index (χ4v) is 5.00. The molecule has 2 saturated heterocycles. The van der Waals surface area contributed by atoms with Gasteiger partial charge in [-0.1, -0.05) is 12.1 Å². The van der Waals surface area contributed by atoms with Crippen molar-refractivity contribution in [3.05, 3.63) is 35.6 Å². The smallest absolute Gasteiger partial charge is 0.228 e. The molecule has 0 spiro atoms. The van der Waals surface area contributed by atoms with Crippen molar-refractivity contribution in [2.75, 3.05) is 32.9 Å². The van der Waals surface area contributed by atoms with Crippen molar-refractivity contribution < 1.29 is 18.7 Å². The number of hydrogen-bond donors (Lipinski definition) is 1. The number of ether oxygens (including phenoxy) is 2. The quantitative estimate of drug-likeness (QED) is 0.819. The molecule has 1 amide bonds. The highest BCUT2D eigenvalue weighted by Gasteiger charge is 2.34. The van der Waals surface area contributed by atoms with Gasteiger partial charge in [0.1, 0.15) is 5.82 Å². The Balaban J connectivity index is 1.23. The predicted octanol–water partition coefficient (Wildman–Crippen LogP) is 3.08. The minimum atomic E-state index is -0.157. The lowest BCUT2D eigenvalue weighted by atomic mass is 9.82. The molecular weight excluding hydrogens is 371 g/mol. The van der Waals surface area contributed by atoms with Crippen LogP contribution in [0.1, 0.15) is 50.0 Å². The number of carbonyl (C=O) groups is 1. The van der Waals surface area contributed by atoms with Gasteiger partial charge in [-0.3, -0.25) is 4.79 Å². The molecule has 3 atom stereocenters. The van der Waals surface area contributed by atoms with Crippen LogP contribution in [0.2, 0.25) is 0 Å². The summed E-state index contributed by atoms with van der Waals surface area (Å²) < 4.78 is 25.1. The zero-order chi connectivity index (χ0) is 20.2. The van der Waals surface area contributed by atoms with E-state index in [1.807, 2.05) is 11.0 Å². The maximum Gasteiger partial charge on any atom is 0.228 e. The van der Waals surface area contributed by atoms with Gasteiger partial charge >= 0.3 is 0 Å². The Morgan fingerprint density at radius 1 is 1.21 bits per heavy atom. The van der Waals surface area contributed by atoms with Crippen molar-refractivity contribution in [3.8, 4) is 0 Å². The summed E-state index contributed by atoms with van der Waals surface area (Å²) in [6, 6.07) is 7.06. The topological polar surface area (TPSA) is 64.8 Å². The van der Waals surface area contributed by atoms with E-state index in [4.69, 9.17) is 15.2 Å². The van der Waals surface area contributed by atoms with E-state index in [0.717, 1.165) is 50.6 Å². The van der Waals surface area contributed by atoms with Crippen LogP contribution in [-0.4, -0.2) is 55.9 Å². The van der Waals surface area contributed by atoms with E-state index in [2.05, 4.69) is 0 Å². The molecule has 0 radical (unpaired) electrons. The highest BCUT2D eigenvalue weighted by Crippen LogP contribution is 2.34. The Kier molecular flexibility index (Phi) is 6.83. The molecule has 160 valence electrons. The zero-order valence-corrected chi connectivity index (χ0v) is 17.1. The minimum Gasteiger partial charge on any atom is -0.381 e. The molecule has 4 rings (SSSR count). The van der Waals surface area contributed by atoms with Gasteiger partial charge in [0, 0.05) is 31.7 Å². The summed E-state index contributed by atoms with van der Waals surface area (Å²) in [6.07, 6.45) is 5.93. The van der Waals surface area contributed by atoms with Crippen molar-refractivity contribution in [1.29, 1.82) is 0 Å². The lowest BCUT2D eigenvalue weighted by molar-refractivity contribution is -0.138. The Morgan fingerprint density at radius 3 is 2.76 bits per heavy atom. The second-order valence-electron chi connectivity index (χ2n) is 8.92. The van der Waals surface area contributed by atoms with Gasteiger partial charge < -0.3 is 20.1 Å². The highest BCUT2D eigenvalue weighted by molar-refractivity contribution is 5.79. The number of piperidine rings is 1. The van der Waals surface area contributed by atoms with Crippen LogP contribution in [0, 0.1) is 17.7 Å². The van der Waals surface area contributed by atoms with E-state index in [-0.39, 0.29) is 35.7 Å². The van der Waals surface area contributed by atoms with Crippen molar-refractivity contribution in [2.24, 2.45) is 17.6 Å². The Labute approximate surface area is 172 Å². The number of nitrogens with two attached hydrogens (primary N) is 1. The van der Waals surface area contributed by atoms with Crippen LogP contribution >= 0.6 is 0 Å². The molecule has 0 aromatic heterocycles. The SMILES string of the molecule is NC1CCN(C(=O)[C@@H]2CCOC2)CC1COC1CCC(c2cccc(F)c2)CC1. The van der Waals surface area contributed by atoms with Gasteiger partial charge in [-0.15, -0.1) is 0 Å². The maximum atomic E-state index is 13.5. The first-order chi connectivity index (χ1) is 14.1. The van der Waals surface area contributed by atoms with Crippen LogP contribution in [0.25, 0.3) is 0 Å². The number of likely N-dealkylation sites (tertiary alicyclic amines) is 1. The molecule has 1 aliphatic carbocycles. The molecule has 1 saturated carbocycles. The molecule has 1 aromatic carbocycles. The predicted molar refractivity (Wildman–Crippen MR) is 109 cm³/mol. The molecule has 3 fully saturated rings. The van der Waals surface area contributed by atoms with Crippen LogP contribution in [-0.2, 0) is 14.3 Å². The van der Waals surface area contributed by atoms with Crippen LogP contribution in [0.5, 0.6) is 0 Å². The second kappa shape index (κ2) is 9.54. The molecule has 2 N–H and O–H groups in total. The fraction of sp³-hybridized carbons (Fsp3) is 0.696. The van der Waals surface area contributed by atoms with Crippen LogP contribution < -0.4 is 5.73 Å². The van der Waals surface area contributed by atoms with Crippen LogP contribution in [0.4, 0.5) is 4.39 Å². The van der Waals surface area contributed by atoms with Crippen molar-refractivity contribution in [3.63, 3.8) is 0 Å². The summed E-state index contributed by atoms with van der Waals surface area (Å²) in [5.41, 5.74) is 7.44. The van der Waals surface area contributed by atoms with Crippen LogP contribution in [0.15, 0.2) is 24.3 Å². The molecule has 2 aliphatic heterocycles. The van der Waals surface area contributed by atoms with E-state index in [1.165, 1.54) is 6.07 Å². The third kappa shape index (κ3) is 5.16. The lowest BCUT2D eigenvalue weighted by Crippen LogP contribution is -2.52. The molecule has 0 bridgehead atoms. The molecule has 29 heavy (non-hydrogen) atoms. The molecule has 1 aromatic rings. The summed E-state index contributed by atoms with van der Waals surface area (Å²) in [6.45, 7) is 3.29.